The van der Waals surface area contributed by atoms with Gasteiger partial charge in [0.1, 0.15) is 0 Å². The Bertz CT molecular complexity index is 728. The Labute approximate surface area is 145 Å². The van der Waals surface area contributed by atoms with Crippen molar-refractivity contribution in [2.45, 2.75) is 40.7 Å². The number of nitrogens with one attached hydrogen (secondary N) is 2. The van der Waals surface area contributed by atoms with Gasteiger partial charge in [0.15, 0.2) is 5.96 Å². The van der Waals surface area contributed by atoms with Crippen molar-refractivity contribution < 1.29 is 0 Å². The number of hydrogen-bond acceptors (Lipinski definition) is 2. The average Bonchev–Trinajstić information content (AvgIpc) is 2.78. The first-order chi connectivity index (χ1) is 11.4. The maximum Gasteiger partial charge on any atom is 0.191 e. The molecule has 0 spiro atoms. The standard InChI is InChI=1S/C19H29N5/c1-13-7-8-17(14(2)11-13)9-10-21-19(20-5)22-12-18-15(3)23-24(6)16(18)4/h7-8,11H,9-10,12H2,1-6H3,(H2,20,21,22). The second-order valence-electron chi connectivity index (χ2n) is 6.31. The second-order valence-corrected chi connectivity index (χ2v) is 6.31. The molecular weight excluding hydrogens is 298 g/mol. The smallest absolute Gasteiger partial charge is 0.191 e. The van der Waals surface area contributed by atoms with Crippen LogP contribution in [0, 0.1) is 27.7 Å². The fourth-order valence-corrected chi connectivity index (χ4v) is 2.91. The van der Waals surface area contributed by atoms with E-state index in [2.05, 4.69) is 59.7 Å². The van der Waals surface area contributed by atoms with Gasteiger partial charge in [0.25, 0.3) is 0 Å². The van der Waals surface area contributed by atoms with Gasteiger partial charge < -0.3 is 10.6 Å². The van der Waals surface area contributed by atoms with E-state index < -0.39 is 0 Å². The molecule has 130 valence electrons. The Morgan fingerprint density at radius 2 is 1.92 bits per heavy atom. The molecule has 0 aliphatic carbocycles. The van der Waals surface area contributed by atoms with Gasteiger partial charge in [-0.1, -0.05) is 23.8 Å². The number of aliphatic imine (C=N–C) groups is 1. The molecule has 24 heavy (non-hydrogen) atoms. The third-order valence-electron chi connectivity index (χ3n) is 4.50. The van der Waals surface area contributed by atoms with Gasteiger partial charge in [-0.2, -0.15) is 5.10 Å². The van der Waals surface area contributed by atoms with Gasteiger partial charge in [0, 0.05) is 38.4 Å². The van der Waals surface area contributed by atoms with E-state index in [1.54, 1.807) is 7.05 Å². The van der Waals surface area contributed by atoms with Crippen molar-refractivity contribution in [2.24, 2.45) is 12.0 Å². The molecule has 2 N–H and O–H groups in total. The highest BCUT2D eigenvalue weighted by atomic mass is 15.3. The highest BCUT2D eigenvalue weighted by Gasteiger charge is 2.09. The maximum atomic E-state index is 4.45. The molecule has 2 aromatic rings. The molecule has 0 unspecified atom stereocenters. The van der Waals surface area contributed by atoms with Crippen LogP contribution in [0.5, 0.6) is 0 Å². The normalized spacial score (nSPS) is 11.7. The molecule has 1 aromatic carbocycles. The first-order valence-electron chi connectivity index (χ1n) is 8.42. The molecule has 5 heteroatoms. The van der Waals surface area contributed by atoms with E-state index in [1.165, 1.54) is 27.9 Å². The number of hydrogen-bond donors (Lipinski definition) is 2. The van der Waals surface area contributed by atoms with Crippen molar-refractivity contribution >= 4 is 5.96 Å². The van der Waals surface area contributed by atoms with Crippen LogP contribution in [0.1, 0.15) is 33.6 Å². The lowest BCUT2D eigenvalue weighted by Gasteiger charge is -2.13. The number of aryl methyl sites for hydroxylation is 4. The van der Waals surface area contributed by atoms with E-state index in [9.17, 15) is 0 Å². The molecule has 0 aliphatic rings. The van der Waals surface area contributed by atoms with Gasteiger partial charge in [0.2, 0.25) is 0 Å². The van der Waals surface area contributed by atoms with Crippen LogP contribution in [-0.2, 0) is 20.0 Å². The molecule has 0 fully saturated rings. The van der Waals surface area contributed by atoms with Gasteiger partial charge in [-0.15, -0.1) is 0 Å². The maximum absolute atomic E-state index is 4.45. The molecule has 0 amide bonds. The Morgan fingerprint density at radius 3 is 2.50 bits per heavy atom. The molecule has 2 rings (SSSR count). The fraction of sp³-hybridized carbons (Fsp3) is 0.474. The van der Waals surface area contributed by atoms with Gasteiger partial charge in [-0.05, 0) is 45.2 Å². The minimum Gasteiger partial charge on any atom is -0.356 e. The van der Waals surface area contributed by atoms with Crippen LogP contribution >= 0.6 is 0 Å². The van der Waals surface area contributed by atoms with Crippen molar-refractivity contribution in [1.82, 2.24) is 20.4 Å². The summed E-state index contributed by atoms with van der Waals surface area (Å²) in [7, 11) is 3.78. The van der Waals surface area contributed by atoms with E-state index in [0.29, 0.717) is 0 Å². The van der Waals surface area contributed by atoms with E-state index in [1.807, 2.05) is 18.7 Å². The Balaban J connectivity index is 1.86. The van der Waals surface area contributed by atoms with Crippen molar-refractivity contribution in [3.05, 3.63) is 51.8 Å². The molecule has 0 saturated heterocycles. The Hall–Kier alpha value is -2.30. The quantitative estimate of drug-likeness (QED) is 0.655. The first kappa shape index (κ1) is 18.0. The first-order valence-corrected chi connectivity index (χ1v) is 8.42. The lowest BCUT2D eigenvalue weighted by Crippen LogP contribution is -2.38. The third kappa shape index (κ3) is 4.37. The van der Waals surface area contributed by atoms with E-state index in [0.717, 1.165) is 31.2 Å². The third-order valence-corrected chi connectivity index (χ3v) is 4.50. The van der Waals surface area contributed by atoms with Crippen LogP contribution < -0.4 is 10.6 Å². The van der Waals surface area contributed by atoms with Gasteiger partial charge in [-0.25, -0.2) is 0 Å². The topological polar surface area (TPSA) is 54.2 Å². The van der Waals surface area contributed by atoms with Gasteiger partial charge >= 0.3 is 0 Å². The largest absolute Gasteiger partial charge is 0.356 e. The zero-order valence-corrected chi connectivity index (χ0v) is 15.7. The number of benzene rings is 1. The number of rotatable bonds is 5. The minimum atomic E-state index is 0.731. The van der Waals surface area contributed by atoms with Crippen LogP contribution in [0.3, 0.4) is 0 Å². The molecular formula is C19H29N5. The monoisotopic (exact) mass is 327 g/mol. The van der Waals surface area contributed by atoms with Crippen molar-refractivity contribution in [1.29, 1.82) is 0 Å². The Morgan fingerprint density at radius 1 is 1.17 bits per heavy atom. The van der Waals surface area contributed by atoms with Crippen LogP contribution in [0.25, 0.3) is 0 Å². The molecule has 0 radical (unpaired) electrons. The summed E-state index contributed by atoms with van der Waals surface area (Å²) >= 11 is 0. The lowest BCUT2D eigenvalue weighted by molar-refractivity contribution is 0.728. The van der Waals surface area contributed by atoms with E-state index >= 15 is 0 Å². The van der Waals surface area contributed by atoms with Crippen LogP contribution in [0.2, 0.25) is 0 Å². The zero-order chi connectivity index (χ0) is 17.7. The summed E-state index contributed by atoms with van der Waals surface area (Å²) in [5.41, 5.74) is 7.52. The highest BCUT2D eigenvalue weighted by molar-refractivity contribution is 5.79. The number of guanidine groups is 1. The minimum absolute atomic E-state index is 0.731. The molecule has 0 bridgehead atoms. The molecule has 0 saturated carbocycles. The molecule has 1 heterocycles. The average molecular weight is 327 g/mol. The van der Waals surface area contributed by atoms with Crippen LogP contribution in [0.15, 0.2) is 23.2 Å². The highest BCUT2D eigenvalue weighted by Crippen LogP contribution is 2.12. The summed E-state index contributed by atoms with van der Waals surface area (Å²) in [4.78, 5) is 4.30. The second kappa shape index (κ2) is 7.99. The Kier molecular flexibility index (Phi) is 6.01. The van der Waals surface area contributed by atoms with E-state index in [4.69, 9.17) is 0 Å². The van der Waals surface area contributed by atoms with Crippen LogP contribution in [-0.4, -0.2) is 29.3 Å². The van der Waals surface area contributed by atoms with Crippen molar-refractivity contribution in [3.63, 3.8) is 0 Å². The number of nitrogens with zero attached hydrogens (tertiary/aromatic N) is 3. The van der Waals surface area contributed by atoms with Crippen molar-refractivity contribution in [3.8, 4) is 0 Å². The van der Waals surface area contributed by atoms with Gasteiger partial charge in [0.05, 0.1) is 5.69 Å². The molecule has 1 aromatic heterocycles. The summed E-state index contributed by atoms with van der Waals surface area (Å²) in [5, 5.41) is 11.2. The SMILES string of the molecule is CN=C(NCCc1ccc(C)cc1C)NCc1c(C)nn(C)c1C. The summed E-state index contributed by atoms with van der Waals surface area (Å²) in [6.07, 6.45) is 0.984. The van der Waals surface area contributed by atoms with Crippen LogP contribution in [0.4, 0.5) is 0 Å². The fourth-order valence-electron chi connectivity index (χ4n) is 2.91. The van der Waals surface area contributed by atoms with Gasteiger partial charge in [-0.3, -0.25) is 9.67 Å². The summed E-state index contributed by atoms with van der Waals surface area (Å²) in [6, 6.07) is 6.62. The summed E-state index contributed by atoms with van der Waals surface area (Å²) in [5.74, 6) is 0.822. The molecule has 0 atom stereocenters. The summed E-state index contributed by atoms with van der Waals surface area (Å²) < 4.78 is 1.92. The molecule has 5 nitrogen and oxygen atoms in total. The number of aromatic nitrogens is 2. The van der Waals surface area contributed by atoms with E-state index in [-0.39, 0.29) is 0 Å². The predicted octanol–water partition coefficient (Wildman–Crippen LogP) is 2.56. The predicted molar refractivity (Wildman–Crippen MR) is 101 cm³/mol. The molecule has 0 aliphatic heterocycles. The summed E-state index contributed by atoms with van der Waals surface area (Å²) in [6.45, 7) is 10.0. The van der Waals surface area contributed by atoms with Crippen molar-refractivity contribution in [2.75, 3.05) is 13.6 Å². The lowest BCUT2D eigenvalue weighted by atomic mass is 10.0. The zero-order valence-electron chi connectivity index (χ0n) is 15.7.